The maximum atomic E-state index is 13.5. The van der Waals surface area contributed by atoms with E-state index in [2.05, 4.69) is 40.6 Å². The first kappa shape index (κ1) is 27.9. The molecule has 4 rings (SSSR count). The summed E-state index contributed by atoms with van der Waals surface area (Å²) in [6, 6.07) is 20.6. The fourth-order valence-electron chi connectivity index (χ4n) is 3.89. The second kappa shape index (κ2) is 13.1. The molecule has 9 nitrogen and oxygen atoms in total. The number of allylic oxidation sites excluding steroid dienone is 1. The summed E-state index contributed by atoms with van der Waals surface area (Å²) in [5.41, 5.74) is 3.96. The number of fused-ring (bicyclic) bond motifs is 1. The number of hydrogen-bond donors (Lipinski definition) is 4. The summed E-state index contributed by atoms with van der Waals surface area (Å²) in [7, 11) is 3.49. The Labute approximate surface area is 231 Å². The van der Waals surface area contributed by atoms with E-state index in [1.807, 2.05) is 67.7 Å². The van der Waals surface area contributed by atoms with Crippen molar-refractivity contribution in [3.05, 3.63) is 78.5 Å². The molecule has 0 saturated heterocycles. The highest BCUT2D eigenvalue weighted by molar-refractivity contribution is 7.86. The Morgan fingerprint density at radius 1 is 0.923 bits per heavy atom. The molecule has 1 heterocycles. The molecule has 2 unspecified atom stereocenters. The number of ether oxygens (including phenoxy) is 2. The predicted molar refractivity (Wildman–Crippen MR) is 159 cm³/mol. The molecular weight excluding hydrogens is 512 g/mol. The lowest BCUT2D eigenvalue weighted by Crippen LogP contribution is -2.27. The summed E-state index contributed by atoms with van der Waals surface area (Å²) in [5.74, 6) is 2.01. The average Bonchev–Trinajstić information content (AvgIpc) is 2.96. The van der Waals surface area contributed by atoms with Crippen LogP contribution in [0.2, 0.25) is 0 Å². The van der Waals surface area contributed by atoms with E-state index >= 15 is 0 Å². The molecule has 0 bridgehead atoms. The summed E-state index contributed by atoms with van der Waals surface area (Å²) in [6.45, 7) is 4.18. The van der Waals surface area contributed by atoms with Crippen LogP contribution in [0, 0.1) is 0 Å². The molecule has 0 spiro atoms. The fourth-order valence-corrected chi connectivity index (χ4v) is 4.76. The molecule has 10 heteroatoms. The van der Waals surface area contributed by atoms with Gasteiger partial charge in [0.25, 0.3) is 0 Å². The Kier molecular flexibility index (Phi) is 9.35. The Morgan fingerprint density at radius 3 is 2.21 bits per heavy atom. The van der Waals surface area contributed by atoms with Gasteiger partial charge in [-0.25, -0.2) is 14.2 Å². The van der Waals surface area contributed by atoms with Gasteiger partial charge in [0.05, 0.1) is 30.1 Å². The third-order valence-corrected chi connectivity index (χ3v) is 7.10. The van der Waals surface area contributed by atoms with Gasteiger partial charge in [0.2, 0.25) is 0 Å². The molecule has 0 aliphatic rings. The van der Waals surface area contributed by atoms with Gasteiger partial charge in [-0.2, -0.15) is 0 Å². The van der Waals surface area contributed by atoms with Crippen molar-refractivity contribution in [2.45, 2.75) is 31.2 Å². The number of benzene rings is 3. The van der Waals surface area contributed by atoms with Gasteiger partial charge < -0.3 is 25.4 Å². The molecule has 0 saturated carbocycles. The van der Waals surface area contributed by atoms with Crippen LogP contribution in [0.15, 0.2) is 83.4 Å². The Hall–Kier alpha value is -4.15. The number of likely N-dealkylation sites (N-methyl/N-ethyl adjacent to an activating group) is 1. The van der Waals surface area contributed by atoms with Crippen molar-refractivity contribution in [2.75, 3.05) is 36.6 Å². The summed E-state index contributed by atoms with van der Waals surface area (Å²) in [4.78, 5) is 10.1. The van der Waals surface area contributed by atoms with Crippen LogP contribution in [0.4, 0.5) is 23.0 Å². The van der Waals surface area contributed by atoms with Crippen LogP contribution in [0.25, 0.3) is 11.0 Å². The van der Waals surface area contributed by atoms with E-state index in [-0.39, 0.29) is 6.04 Å². The summed E-state index contributed by atoms with van der Waals surface area (Å²) in [5, 5.41) is 9.99. The van der Waals surface area contributed by atoms with Crippen molar-refractivity contribution >= 4 is 45.0 Å². The van der Waals surface area contributed by atoms with Crippen molar-refractivity contribution < 1.29 is 13.7 Å². The van der Waals surface area contributed by atoms with Gasteiger partial charge in [0, 0.05) is 41.3 Å². The summed E-state index contributed by atoms with van der Waals surface area (Å²) in [6.07, 6.45) is 3.04. The molecule has 39 heavy (non-hydrogen) atoms. The molecule has 204 valence electrons. The zero-order valence-corrected chi connectivity index (χ0v) is 23.6. The first-order valence-corrected chi connectivity index (χ1v) is 13.8. The van der Waals surface area contributed by atoms with Crippen LogP contribution >= 0.6 is 0 Å². The van der Waals surface area contributed by atoms with Crippen LogP contribution in [-0.4, -0.2) is 41.5 Å². The molecule has 4 N–H and O–H groups in total. The molecule has 3 aromatic carbocycles. The van der Waals surface area contributed by atoms with Crippen molar-refractivity contribution in [2.24, 2.45) is 0 Å². The van der Waals surface area contributed by atoms with Gasteiger partial charge in [0.1, 0.15) is 11.5 Å². The largest absolute Gasteiger partial charge is 0.497 e. The van der Waals surface area contributed by atoms with Gasteiger partial charge in [-0.3, -0.25) is 4.72 Å². The molecule has 0 aliphatic carbocycles. The minimum atomic E-state index is -1.62. The standard InChI is InChI=1S/C29H34N6O3S/c1-6-10-25(19(2)30-3)31-20-11-9-12-24(17-20)39(36)35-29-28(33-26-13-7-8-14-27(26)34-29)32-21-15-22(37-4)18-23(16-21)38-5/h7-19,30-31H,6H2,1-5H3,(H,32,33)(H,34,35)/b25-10-. The normalized spacial score (nSPS) is 13.0. The maximum absolute atomic E-state index is 13.5. The molecule has 4 aromatic rings. The second-order valence-corrected chi connectivity index (χ2v) is 9.95. The number of para-hydroxylation sites is 2. The predicted octanol–water partition coefficient (Wildman–Crippen LogP) is 5.84. The Morgan fingerprint density at radius 2 is 1.59 bits per heavy atom. The monoisotopic (exact) mass is 546 g/mol. The molecule has 0 aliphatic heterocycles. The lowest BCUT2D eigenvalue weighted by molar-refractivity contribution is 0.395. The second-order valence-electron chi connectivity index (χ2n) is 8.74. The summed E-state index contributed by atoms with van der Waals surface area (Å²) < 4.78 is 27.4. The van der Waals surface area contributed by atoms with E-state index in [9.17, 15) is 4.21 Å². The molecule has 0 fully saturated rings. The van der Waals surface area contributed by atoms with Gasteiger partial charge in [0.15, 0.2) is 22.6 Å². The first-order valence-electron chi connectivity index (χ1n) is 12.6. The number of aromatic nitrogens is 2. The molecule has 0 radical (unpaired) electrons. The molecule has 2 atom stereocenters. The highest BCUT2D eigenvalue weighted by Gasteiger charge is 2.15. The number of methoxy groups -OCH3 is 2. The first-order chi connectivity index (χ1) is 18.9. The highest BCUT2D eigenvalue weighted by atomic mass is 32.2. The fraction of sp³-hybridized carbons (Fsp3) is 0.241. The zero-order valence-electron chi connectivity index (χ0n) is 22.7. The lowest BCUT2D eigenvalue weighted by atomic mass is 10.2. The smallest absolute Gasteiger partial charge is 0.182 e. The Bertz CT molecular complexity index is 1470. The van der Waals surface area contributed by atoms with Gasteiger partial charge in [-0.15, -0.1) is 0 Å². The van der Waals surface area contributed by atoms with E-state index in [1.54, 1.807) is 20.3 Å². The van der Waals surface area contributed by atoms with Crippen LogP contribution in [0.3, 0.4) is 0 Å². The van der Waals surface area contributed by atoms with E-state index in [1.165, 1.54) is 0 Å². The number of anilines is 4. The molecular formula is C29H34N6O3S. The molecule has 0 amide bonds. The zero-order chi connectivity index (χ0) is 27.8. The third kappa shape index (κ3) is 7.04. The highest BCUT2D eigenvalue weighted by Crippen LogP contribution is 2.31. The van der Waals surface area contributed by atoms with Crippen LogP contribution in [-0.2, 0) is 11.0 Å². The number of hydrogen-bond acceptors (Lipinski definition) is 8. The molecule has 1 aromatic heterocycles. The van der Waals surface area contributed by atoms with Crippen LogP contribution in [0.5, 0.6) is 11.5 Å². The van der Waals surface area contributed by atoms with E-state index in [4.69, 9.17) is 19.4 Å². The van der Waals surface area contributed by atoms with E-state index in [0.29, 0.717) is 44.8 Å². The van der Waals surface area contributed by atoms with Crippen LogP contribution in [0.1, 0.15) is 20.3 Å². The SMILES string of the molecule is CC/C=C(\Nc1cccc(S(=O)Nc2nc3ccccc3nc2Nc2cc(OC)cc(OC)c2)c1)C(C)NC. The maximum Gasteiger partial charge on any atom is 0.182 e. The van der Waals surface area contributed by atoms with E-state index < -0.39 is 11.0 Å². The topological polar surface area (TPSA) is 109 Å². The number of nitrogens with zero attached hydrogens (tertiary/aromatic N) is 2. The minimum Gasteiger partial charge on any atom is -0.497 e. The van der Waals surface area contributed by atoms with Gasteiger partial charge >= 0.3 is 0 Å². The third-order valence-electron chi connectivity index (χ3n) is 6.03. The van der Waals surface area contributed by atoms with Gasteiger partial charge in [-0.05, 0) is 50.7 Å². The van der Waals surface area contributed by atoms with Crippen molar-refractivity contribution in [1.82, 2.24) is 15.3 Å². The van der Waals surface area contributed by atoms with Crippen molar-refractivity contribution in [1.29, 1.82) is 0 Å². The van der Waals surface area contributed by atoms with Crippen LogP contribution < -0.4 is 30.1 Å². The van der Waals surface area contributed by atoms with Gasteiger partial charge in [-0.1, -0.05) is 31.2 Å². The van der Waals surface area contributed by atoms with Crippen molar-refractivity contribution in [3.8, 4) is 11.5 Å². The average molecular weight is 547 g/mol. The lowest BCUT2D eigenvalue weighted by Gasteiger charge is -2.18. The van der Waals surface area contributed by atoms with E-state index in [0.717, 1.165) is 17.8 Å². The number of nitrogens with one attached hydrogen (secondary N) is 4. The van der Waals surface area contributed by atoms with Crippen molar-refractivity contribution in [3.63, 3.8) is 0 Å². The number of rotatable bonds is 12. The Balaban J connectivity index is 1.65. The minimum absolute atomic E-state index is 0.147. The summed E-state index contributed by atoms with van der Waals surface area (Å²) >= 11 is 0. The quantitative estimate of drug-likeness (QED) is 0.176.